The summed E-state index contributed by atoms with van der Waals surface area (Å²) in [4.78, 5) is 32.8. The third-order valence-electron chi connectivity index (χ3n) is 7.84. The topological polar surface area (TPSA) is 122 Å². The number of fused-ring (bicyclic) bond motifs is 1. The molecule has 48 heavy (non-hydrogen) atoms. The van der Waals surface area contributed by atoms with E-state index in [-0.39, 0.29) is 29.5 Å². The standard InChI is InChI=1S/C34H34F2N6O6/c1-3-41-32(39-42(34(41)44)27-8-5-4-7-24(27)35)33(43)38-22-9-10-29(25(36)19-22)48-28-11-12-37-26-21-31(30(45-2)20-23(26)28)47-16-6-13-40-14-17-46-18-15-40/h4-5,7-12,19-21H,3,6,13-18H2,1-2H3,(H,38,43). The zero-order valence-electron chi connectivity index (χ0n) is 26.4. The number of anilines is 1. The number of halogens is 2. The maximum absolute atomic E-state index is 15.3. The Morgan fingerprint density at radius 1 is 0.979 bits per heavy atom. The van der Waals surface area contributed by atoms with Crippen LogP contribution in [-0.2, 0) is 11.3 Å². The number of morpholine rings is 1. The fraction of sp³-hybridized carbons (Fsp3) is 0.294. The highest BCUT2D eigenvalue weighted by atomic mass is 19.1. The number of aromatic nitrogens is 4. The average Bonchev–Trinajstić information content (AvgIpc) is 3.44. The Balaban J connectivity index is 1.16. The highest BCUT2D eigenvalue weighted by molar-refractivity contribution is 6.01. The van der Waals surface area contributed by atoms with Gasteiger partial charge in [0.1, 0.15) is 17.3 Å². The average molecular weight is 661 g/mol. The highest BCUT2D eigenvalue weighted by Gasteiger charge is 2.22. The molecule has 3 aromatic carbocycles. The normalized spacial score (nSPS) is 13.4. The number of hydrogen-bond acceptors (Lipinski definition) is 9. The van der Waals surface area contributed by atoms with Gasteiger partial charge in [-0.2, -0.15) is 4.68 Å². The van der Waals surface area contributed by atoms with Gasteiger partial charge in [-0.3, -0.25) is 19.2 Å². The molecule has 1 amide bonds. The lowest BCUT2D eigenvalue weighted by molar-refractivity contribution is 0.0357. The molecule has 0 unspecified atom stereocenters. The smallest absolute Gasteiger partial charge is 0.351 e. The maximum atomic E-state index is 15.3. The molecule has 1 saturated heterocycles. The molecule has 2 aromatic heterocycles. The van der Waals surface area contributed by atoms with Crippen LogP contribution in [-0.4, -0.2) is 76.7 Å². The Hall–Kier alpha value is -5.34. The molecule has 6 rings (SSSR count). The van der Waals surface area contributed by atoms with Crippen molar-refractivity contribution in [2.24, 2.45) is 0 Å². The number of carbonyl (C=O) groups is 1. The van der Waals surface area contributed by atoms with Gasteiger partial charge < -0.3 is 24.3 Å². The van der Waals surface area contributed by atoms with Crippen molar-refractivity contribution in [3.63, 3.8) is 0 Å². The van der Waals surface area contributed by atoms with Crippen LogP contribution in [0.3, 0.4) is 0 Å². The number of para-hydroxylation sites is 1. The first-order valence-electron chi connectivity index (χ1n) is 15.5. The molecular weight excluding hydrogens is 626 g/mol. The van der Waals surface area contributed by atoms with Crippen molar-refractivity contribution in [3.8, 4) is 28.7 Å². The van der Waals surface area contributed by atoms with Crippen LogP contribution < -0.4 is 25.2 Å². The predicted octanol–water partition coefficient (Wildman–Crippen LogP) is 5.03. The van der Waals surface area contributed by atoms with Gasteiger partial charge in [0.05, 0.1) is 32.4 Å². The lowest BCUT2D eigenvalue weighted by Crippen LogP contribution is -2.37. The Labute approximate surface area is 274 Å². The molecule has 14 heteroatoms. The lowest BCUT2D eigenvalue weighted by Gasteiger charge is -2.26. The molecule has 5 aromatic rings. The van der Waals surface area contributed by atoms with E-state index in [1.54, 1.807) is 37.4 Å². The summed E-state index contributed by atoms with van der Waals surface area (Å²) < 4.78 is 54.6. The van der Waals surface area contributed by atoms with Gasteiger partial charge in [0.2, 0.25) is 5.82 Å². The number of benzene rings is 3. The minimum atomic E-state index is -0.775. The Morgan fingerprint density at radius 2 is 1.79 bits per heavy atom. The van der Waals surface area contributed by atoms with Gasteiger partial charge in [-0.05, 0) is 49.7 Å². The Kier molecular flexibility index (Phi) is 9.92. The number of pyridine rings is 1. The first-order valence-corrected chi connectivity index (χ1v) is 15.5. The third-order valence-corrected chi connectivity index (χ3v) is 7.84. The second kappa shape index (κ2) is 14.6. The number of carbonyl (C=O) groups excluding carboxylic acids is 1. The number of amides is 1. The number of hydrogen-bond donors (Lipinski definition) is 1. The quantitative estimate of drug-likeness (QED) is 0.184. The van der Waals surface area contributed by atoms with E-state index >= 15 is 4.39 Å². The van der Waals surface area contributed by atoms with Crippen molar-refractivity contribution in [1.29, 1.82) is 0 Å². The van der Waals surface area contributed by atoms with E-state index in [2.05, 4.69) is 20.3 Å². The van der Waals surface area contributed by atoms with Crippen LogP contribution in [0.25, 0.3) is 16.6 Å². The molecule has 1 N–H and O–H groups in total. The second-order valence-electron chi connectivity index (χ2n) is 10.9. The minimum Gasteiger partial charge on any atom is -0.493 e. The summed E-state index contributed by atoms with van der Waals surface area (Å²) in [5.41, 5.74) is -0.123. The van der Waals surface area contributed by atoms with Gasteiger partial charge in [-0.25, -0.2) is 13.6 Å². The van der Waals surface area contributed by atoms with Gasteiger partial charge in [-0.1, -0.05) is 12.1 Å². The van der Waals surface area contributed by atoms with Crippen molar-refractivity contribution >= 4 is 22.5 Å². The van der Waals surface area contributed by atoms with Crippen molar-refractivity contribution in [2.75, 3.05) is 51.9 Å². The van der Waals surface area contributed by atoms with Crippen LogP contribution in [0.5, 0.6) is 23.0 Å². The number of nitrogens with one attached hydrogen (secondary N) is 1. The summed E-state index contributed by atoms with van der Waals surface area (Å²) in [7, 11) is 1.54. The van der Waals surface area contributed by atoms with Crippen LogP contribution in [0.4, 0.5) is 14.5 Å². The predicted molar refractivity (Wildman–Crippen MR) is 174 cm³/mol. The first kappa shape index (κ1) is 32.6. The highest BCUT2D eigenvalue weighted by Crippen LogP contribution is 2.38. The molecule has 1 fully saturated rings. The fourth-order valence-corrected chi connectivity index (χ4v) is 5.38. The SMILES string of the molecule is CCn1c(C(=O)Nc2ccc(Oc3ccnc4cc(OCCCN5CCOCC5)c(OC)cc34)c(F)c2)nn(-c2ccccc2F)c1=O. The van der Waals surface area contributed by atoms with Gasteiger partial charge in [0.25, 0.3) is 5.91 Å². The van der Waals surface area contributed by atoms with Crippen LogP contribution in [0, 0.1) is 11.6 Å². The van der Waals surface area contributed by atoms with Gasteiger partial charge in [0, 0.05) is 55.6 Å². The molecule has 0 bridgehead atoms. The zero-order chi connectivity index (χ0) is 33.6. The molecule has 0 saturated carbocycles. The maximum Gasteiger partial charge on any atom is 0.351 e. The van der Waals surface area contributed by atoms with E-state index in [0.29, 0.717) is 34.8 Å². The largest absolute Gasteiger partial charge is 0.493 e. The van der Waals surface area contributed by atoms with E-state index < -0.39 is 23.2 Å². The number of nitrogens with zero attached hydrogens (tertiary/aromatic N) is 5. The van der Waals surface area contributed by atoms with E-state index in [1.807, 2.05) is 0 Å². The molecule has 1 aliphatic heterocycles. The van der Waals surface area contributed by atoms with Crippen LogP contribution in [0.1, 0.15) is 24.0 Å². The summed E-state index contributed by atoms with van der Waals surface area (Å²) in [6, 6.07) is 14.6. The van der Waals surface area contributed by atoms with Crippen molar-refractivity contribution in [1.82, 2.24) is 24.2 Å². The summed E-state index contributed by atoms with van der Waals surface area (Å²) in [6.45, 7) is 6.47. The number of ether oxygens (including phenoxy) is 4. The summed E-state index contributed by atoms with van der Waals surface area (Å²) in [6.07, 6.45) is 2.38. The molecule has 3 heterocycles. The molecule has 0 atom stereocenters. The molecular formula is C34H34F2N6O6. The molecule has 0 spiro atoms. The molecule has 1 aliphatic rings. The number of methoxy groups -OCH3 is 1. The van der Waals surface area contributed by atoms with Gasteiger partial charge in [0.15, 0.2) is 23.1 Å². The molecule has 0 aliphatic carbocycles. The van der Waals surface area contributed by atoms with Crippen LogP contribution in [0.15, 0.2) is 71.7 Å². The summed E-state index contributed by atoms with van der Waals surface area (Å²) >= 11 is 0. The molecule has 12 nitrogen and oxygen atoms in total. The van der Waals surface area contributed by atoms with Crippen molar-refractivity contribution in [2.45, 2.75) is 19.9 Å². The van der Waals surface area contributed by atoms with Crippen LogP contribution in [0.2, 0.25) is 0 Å². The fourth-order valence-electron chi connectivity index (χ4n) is 5.38. The monoisotopic (exact) mass is 660 g/mol. The third kappa shape index (κ3) is 6.99. The summed E-state index contributed by atoms with van der Waals surface area (Å²) in [5.74, 6) is -1.21. The van der Waals surface area contributed by atoms with Crippen LogP contribution >= 0.6 is 0 Å². The molecule has 250 valence electrons. The van der Waals surface area contributed by atoms with Gasteiger partial charge >= 0.3 is 5.69 Å². The Morgan fingerprint density at radius 3 is 2.54 bits per heavy atom. The summed E-state index contributed by atoms with van der Waals surface area (Å²) in [5, 5.41) is 7.19. The lowest BCUT2D eigenvalue weighted by atomic mass is 10.1. The van der Waals surface area contributed by atoms with Gasteiger partial charge in [-0.15, -0.1) is 5.10 Å². The van der Waals surface area contributed by atoms with E-state index in [0.717, 1.165) is 54.6 Å². The first-order chi connectivity index (χ1) is 23.4. The van der Waals surface area contributed by atoms with E-state index in [1.165, 1.54) is 37.4 Å². The van der Waals surface area contributed by atoms with Crippen molar-refractivity contribution in [3.05, 3.63) is 94.8 Å². The minimum absolute atomic E-state index is 0.0945. The second-order valence-corrected chi connectivity index (χ2v) is 10.9. The number of rotatable bonds is 12. The molecule has 0 radical (unpaired) electrons. The zero-order valence-corrected chi connectivity index (χ0v) is 26.4. The van der Waals surface area contributed by atoms with E-state index in [9.17, 15) is 14.0 Å². The van der Waals surface area contributed by atoms with Crippen molar-refractivity contribution < 1.29 is 32.5 Å². The van der Waals surface area contributed by atoms with E-state index in [4.69, 9.17) is 18.9 Å². The Bertz CT molecular complexity index is 1990.